The van der Waals surface area contributed by atoms with Crippen LogP contribution in [0.2, 0.25) is 5.02 Å². The van der Waals surface area contributed by atoms with Crippen molar-refractivity contribution in [1.29, 1.82) is 0 Å². The number of likely N-dealkylation sites (N-methyl/N-ethyl adjacent to an activating group) is 1. The van der Waals surface area contributed by atoms with Gasteiger partial charge in [0.25, 0.3) is 0 Å². The summed E-state index contributed by atoms with van der Waals surface area (Å²) in [5.41, 5.74) is 7.52. The van der Waals surface area contributed by atoms with Gasteiger partial charge in [0, 0.05) is 25.1 Å². The number of hydrogen-bond donors (Lipinski definition) is 3. The molecule has 10 heteroatoms. The molecule has 4 N–H and O–H groups in total. The number of benzene rings is 1. The minimum absolute atomic E-state index is 0.0552. The summed E-state index contributed by atoms with van der Waals surface area (Å²) in [6.45, 7) is 0. The van der Waals surface area contributed by atoms with E-state index < -0.39 is 17.9 Å². The van der Waals surface area contributed by atoms with Crippen molar-refractivity contribution < 1.29 is 9.18 Å². The summed E-state index contributed by atoms with van der Waals surface area (Å²) in [7, 11) is 3.53. The number of rotatable bonds is 7. The van der Waals surface area contributed by atoms with Crippen LogP contribution in [0.15, 0.2) is 36.7 Å². The highest BCUT2D eigenvalue weighted by Crippen LogP contribution is 2.29. The summed E-state index contributed by atoms with van der Waals surface area (Å²) in [5.74, 6) is -0.832. The van der Waals surface area contributed by atoms with E-state index in [9.17, 15) is 9.18 Å². The smallest absolute Gasteiger partial charge is 0.241 e. The highest BCUT2D eigenvalue weighted by Gasteiger charge is 2.23. The Morgan fingerprint density at radius 1 is 1.43 bits per heavy atom. The van der Waals surface area contributed by atoms with Crippen LogP contribution in [0, 0.1) is 5.82 Å². The number of amides is 1. The number of nitrogens with zero attached hydrogens (tertiary/aromatic N) is 3. The molecule has 0 saturated heterocycles. The molecule has 7 nitrogen and oxygen atoms in total. The molecular formula is C18H20ClFN6OS. The lowest BCUT2D eigenvalue weighted by atomic mass is 10.1. The predicted molar refractivity (Wildman–Crippen MR) is 109 cm³/mol. The maximum atomic E-state index is 13.3. The standard InChI is InChI=1S/C18H20ClFN6OS/c1-22-15(17(27)24-10-3-4-12(20)11(19)7-10)8-13(21)18-23-9-16(28-18)14-5-6-26(2)25-14/h3-7,9,13,15,22H,8,21H2,1-2H3,(H,24,27). The van der Waals surface area contributed by atoms with Gasteiger partial charge in [-0.05, 0) is 37.7 Å². The van der Waals surface area contributed by atoms with Crippen LogP contribution in [0.3, 0.4) is 0 Å². The Morgan fingerprint density at radius 3 is 2.86 bits per heavy atom. The van der Waals surface area contributed by atoms with E-state index in [4.69, 9.17) is 17.3 Å². The summed E-state index contributed by atoms with van der Waals surface area (Å²) in [4.78, 5) is 17.8. The van der Waals surface area contributed by atoms with Crippen LogP contribution in [0.5, 0.6) is 0 Å². The van der Waals surface area contributed by atoms with Crippen molar-refractivity contribution in [2.24, 2.45) is 12.8 Å². The average molecular weight is 423 g/mol. The summed E-state index contributed by atoms with van der Waals surface area (Å²) >= 11 is 7.20. The molecule has 0 bridgehead atoms. The fourth-order valence-electron chi connectivity index (χ4n) is 2.64. The lowest BCUT2D eigenvalue weighted by molar-refractivity contribution is -0.118. The fraction of sp³-hybridized carbons (Fsp3) is 0.278. The molecule has 0 aliphatic heterocycles. The third-order valence-electron chi connectivity index (χ3n) is 4.15. The third kappa shape index (κ3) is 4.74. The number of carbonyl (C=O) groups is 1. The zero-order valence-corrected chi connectivity index (χ0v) is 16.9. The number of thiazole rings is 1. The van der Waals surface area contributed by atoms with E-state index in [1.807, 2.05) is 19.3 Å². The van der Waals surface area contributed by atoms with Crippen LogP contribution in [0.25, 0.3) is 10.6 Å². The van der Waals surface area contributed by atoms with E-state index in [1.165, 1.54) is 29.5 Å². The van der Waals surface area contributed by atoms with Gasteiger partial charge in [-0.3, -0.25) is 9.48 Å². The second-order valence-electron chi connectivity index (χ2n) is 6.24. The molecule has 0 fully saturated rings. The number of hydrogen-bond acceptors (Lipinski definition) is 6. The Balaban J connectivity index is 1.65. The van der Waals surface area contributed by atoms with Crippen LogP contribution >= 0.6 is 22.9 Å². The highest BCUT2D eigenvalue weighted by atomic mass is 35.5. The first kappa shape index (κ1) is 20.4. The number of aryl methyl sites for hydroxylation is 1. The Bertz CT molecular complexity index is 975. The number of carbonyl (C=O) groups excluding carboxylic acids is 1. The van der Waals surface area contributed by atoms with Gasteiger partial charge >= 0.3 is 0 Å². The van der Waals surface area contributed by atoms with Crippen LogP contribution in [0.4, 0.5) is 10.1 Å². The van der Waals surface area contributed by atoms with Gasteiger partial charge in [0.2, 0.25) is 5.91 Å². The fourth-order valence-corrected chi connectivity index (χ4v) is 3.72. The molecule has 148 valence electrons. The summed E-state index contributed by atoms with van der Waals surface area (Å²) < 4.78 is 15.0. The summed E-state index contributed by atoms with van der Waals surface area (Å²) in [6, 6.07) is 4.93. The first-order valence-electron chi connectivity index (χ1n) is 8.52. The van der Waals surface area contributed by atoms with Crippen molar-refractivity contribution in [2.45, 2.75) is 18.5 Å². The molecule has 2 heterocycles. The van der Waals surface area contributed by atoms with Gasteiger partial charge in [0.1, 0.15) is 16.5 Å². The average Bonchev–Trinajstić information content (AvgIpc) is 3.31. The molecule has 28 heavy (non-hydrogen) atoms. The van der Waals surface area contributed by atoms with Gasteiger partial charge < -0.3 is 16.4 Å². The van der Waals surface area contributed by atoms with Gasteiger partial charge in [-0.2, -0.15) is 5.10 Å². The lowest BCUT2D eigenvalue weighted by Gasteiger charge is -2.19. The van der Waals surface area contributed by atoms with Crippen molar-refractivity contribution in [3.05, 3.63) is 52.5 Å². The quantitative estimate of drug-likeness (QED) is 0.543. The number of anilines is 1. The molecule has 0 spiro atoms. The number of nitrogens with two attached hydrogens (primary N) is 1. The van der Waals surface area contributed by atoms with E-state index in [2.05, 4.69) is 20.7 Å². The minimum Gasteiger partial charge on any atom is -0.325 e. The Hall–Kier alpha value is -2.33. The highest BCUT2D eigenvalue weighted by molar-refractivity contribution is 7.15. The Morgan fingerprint density at radius 2 is 2.21 bits per heavy atom. The molecular weight excluding hydrogens is 403 g/mol. The molecule has 1 aromatic carbocycles. The normalized spacial score (nSPS) is 13.3. The zero-order chi connectivity index (χ0) is 20.3. The topological polar surface area (TPSA) is 97.9 Å². The Kier molecular flexibility index (Phi) is 6.40. The van der Waals surface area contributed by atoms with E-state index in [-0.39, 0.29) is 10.9 Å². The van der Waals surface area contributed by atoms with Crippen molar-refractivity contribution in [1.82, 2.24) is 20.1 Å². The van der Waals surface area contributed by atoms with E-state index >= 15 is 0 Å². The maximum Gasteiger partial charge on any atom is 0.241 e. The second-order valence-corrected chi connectivity index (χ2v) is 7.71. The van der Waals surface area contributed by atoms with Gasteiger partial charge in [0.05, 0.1) is 22.0 Å². The van der Waals surface area contributed by atoms with Crippen molar-refractivity contribution in [3.8, 4) is 10.6 Å². The van der Waals surface area contributed by atoms with E-state index in [0.29, 0.717) is 12.1 Å². The first-order valence-corrected chi connectivity index (χ1v) is 9.71. The van der Waals surface area contributed by atoms with Gasteiger partial charge in [-0.15, -0.1) is 11.3 Å². The first-order chi connectivity index (χ1) is 13.4. The van der Waals surface area contributed by atoms with Crippen molar-refractivity contribution in [3.63, 3.8) is 0 Å². The third-order valence-corrected chi connectivity index (χ3v) is 5.59. The monoisotopic (exact) mass is 422 g/mol. The molecule has 2 unspecified atom stereocenters. The van der Waals surface area contributed by atoms with Crippen LogP contribution in [0.1, 0.15) is 17.5 Å². The van der Waals surface area contributed by atoms with Crippen LogP contribution < -0.4 is 16.4 Å². The molecule has 1 amide bonds. The minimum atomic E-state index is -0.555. The van der Waals surface area contributed by atoms with E-state index in [0.717, 1.165) is 15.6 Å². The molecule has 3 aromatic rings. The summed E-state index contributed by atoms with van der Waals surface area (Å²) in [5, 5.41) is 10.7. The number of halogens is 2. The van der Waals surface area contributed by atoms with E-state index in [1.54, 1.807) is 17.9 Å². The molecule has 2 atom stereocenters. The maximum absolute atomic E-state index is 13.3. The number of nitrogens with one attached hydrogen (secondary N) is 2. The predicted octanol–water partition coefficient (Wildman–Crippen LogP) is 2.95. The molecule has 2 aromatic heterocycles. The summed E-state index contributed by atoms with van der Waals surface area (Å²) in [6.07, 6.45) is 3.93. The van der Waals surface area contributed by atoms with Gasteiger partial charge in [0.15, 0.2) is 0 Å². The molecule has 0 saturated carbocycles. The number of aromatic nitrogens is 3. The SMILES string of the molecule is CNC(CC(N)c1ncc(-c2ccn(C)n2)s1)C(=O)Nc1ccc(F)c(Cl)c1. The Labute approximate surface area is 170 Å². The lowest BCUT2D eigenvalue weighted by Crippen LogP contribution is -2.40. The van der Waals surface area contributed by atoms with Crippen molar-refractivity contribution >= 4 is 34.5 Å². The van der Waals surface area contributed by atoms with Crippen molar-refractivity contribution in [2.75, 3.05) is 12.4 Å². The van der Waals surface area contributed by atoms with Crippen LogP contribution in [-0.2, 0) is 11.8 Å². The second kappa shape index (κ2) is 8.78. The molecule has 0 aliphatic rings. The van der Waals surface area contributed by atoms with Gasteiger partial charge in [-0.25, -0.2) is 9.37 Å². The largest absolute Gasteiger partial charge is 0.325 e. The zero-order valence-electron chi connectivity index (χ0n) is 15.3. The molecule has 3 rings (SSSR count). The molecule has 0 aliphatic carbocycles. The molecule has 0 radical (unpaired) electrons. The van der Waals surface area contributed by atoms with Crippen LogP contribution in [-0.4, -0.2) is 33.8 Å². The van der Waals surface area contributed by atoms with Gasteiger partial charge in [-0.1, -0.05) is 11.6 Å².